The van der Waals surface area contributed by atoms with Gasteiger partial charge in [-0.05, 0) is 23.6 Å². The molecule has 0 saturated heterocycles. The number of carbonyl (C=O) groups excluding carboxylic acids is 1. The van der Waals surface area contributed by atoms with E-state index < -0.39 is 5.97 Å². The predicted molar refractivity (Wildman–Crippen MR) is 112 cm³/mol. The molecule has 0 bridgehead atoms. The zero-order chi connectivity index (χ0) is 20.2. The number of aliphatic hydroxyl groups excluding tert-OH is 1. The van der Waals surface area contributed by atoms with Crippen LogP contribution in [0.4, 0.5) is 0 Å². The lowest BCUT2D eigenvalue weighted by molar-refractivity contribution is -0.133. The molecular formula is C19H17N5O3S2. The molecule has 0 amide bonds. The topological polar surface area (TPSA) is 117 Å². The Balaban J connectivity index is 1.53. The number of H-pyrrole nitrogens is 2. The first-order valence-corrected chi connectivity index (χ1v) is 10.5. The summed E-state index contributed by atoms with van der Waals surface area (Å²) in [5.41, 5.74) is 1.44. The molecule has 8 nitrogen and oxygen atoms in total. The molecule has 0 radical (unpaired) electrons. The highest BCUT2D eigenvalue weighted by Gasteiger charge is 2.22. The van der Waals surface area contributed by atoms with E-state index in [1.807, 2.05) is 41.8 Å². The highest BCUT2D eigenvalue weighted by atomic mass is 32.2. The van der Waals surface area contributed by atoms with Crippen LogP contribution in [0.15, 0.2) is 52.7 Å². The number of nitrogens with one attached hydrogen (secondary N) is 2. The van der Waals surface area contributed by atoms with E-state index in [4.69, 9.17) is 4.74 Å². The summed E-state index contributed by atoms with van der Waals surface area (Å²) >= 11 is 2.86. The number of nitrogens with zero attached hydrogens (tertiary/aromatic N) is 3. The first-order valence-electron chi connectivity index (χ1n) is 8.66. The Kier molecular flexibility index (Phi) is 5.63. The van der Waals surface area contributed by atoms with Crippen molar-refractivity contribution in [2.24, 2.45) is 0 Å². The maximum atomic E-state index is 12.3. The van der Waals surface area contributed by atoms with Crippen LogP contribution < -0.4 is 0 Å². The summed E-state index contributed by atoms with van der Waals surface area (Å²) in [6, 6.07) is 11.4. The molecule has 29 heavy (non-hydrogen) atoms. The maximum absolute atomic E-state index is 12.3. The normalized spacial score (nSPS) is 12.2. The van der Waals surface area contributed by atoms with Gasteiger partial charge in [0.05, 0.1) is 23.9 Å². The minimum Gasteiger partial charge on any atom is -0.510 e. The highest BCUT2D eigenvalue weighted by Crippen LogP contribution is 2.24. The number of thiophene rings is 1. The summed E-state index contributed by atoms with van der Waals surface area (Å²) in [5, 5.41) is 20.1. The Morgan fingerprint density at radius 1 is 1.24 bits per heavy atom. The van der Waals surface area contributed by atoms with Gasteiger partial charge in [-0.1, -0.05) is 30.0 Å². The van der Waals surface area contributed by atoms with Gasteiger partial charge in [0, 0.05) is 11.3 Å². The number of hydrogen-bond acceptors (Lipinski definition) is 8. The smallest absolute Gasteiger partial charge is 0.345 e. The second kappa shape index (κ2) is 8.50. The molecule has 3 heterocycles. The number of para-hydroxylation sites is 2. The number of aromatic amines is 2. The van der Waals surface area contributed by atoms with Gasteiger partial charge in [-0.3, -0.25) is 5.10 Å². The second-order valence-electron chi connectivity index (χ2n) is 6.03. The Morgan fingerprint density at radius 3 is 2.86 bits per heavy atom. The van der Waals surface area contributed by atoms with Gasteiger partial charge in [-0.25, -0.2) is 14.8 Å². The van der Waals surface area contributed by atoms with E-state index in [-0.39, 0.29) is 22.9 Å². The minimum atomic E-state index is -0.671. The third kappa shape index (κ3) is 4.33. The first-order chi connectivity index (χ1) is 14.1. The lowest BCUT2D eigenvalue weighted by Crippen LogP contribution is -2.09. The van der Waals surface area contributed by atoms with E-state index in [0.29, 0.717) is 17.1 Å². The Bertz CT molecular complexity index is 1130. The Hall–Kier alpha value is -3.11. The van der Waals surface area contributed by atoms with Gasteiger partial charge in [-0.15, -0.1) is 16.4 Å². The fraction of sp³-hybridized carbons (Fsp3) is 0.158. The van der Waals surface area contributed by atoms with Crippen LogP contribution in [0.3, 0.4) is 0 Å². The number of fused-ring (bicyclic) bond motifs is 1. The van der Waals surface area contributed by atoms with Crippen molar-refractivity contribution in [2.45, 2.75) is 11.6 Å². The lowest BCUT2D eigenvalue weighted by Gasteiger charge is -2.06. The standard InChI is InChI=1S/C19H17N5O3S2/c1-27-18(26)16(17-20-12-6-2-3-7-13(12)21-17)14(25)10-29-19-22-15(23-24-19)9-11-5-4-8-28-11/h2-8,25H,9-10H2,1H3,(H,20,21)(H,22,23,24)/b16-14+. The van der Waals surface area contributed by atoms with Crippen LogP contribution in [0.25, 0.3) is 16.6 Å². The number of aliphatic hydroxyl groups is 1. The van der Waals surface area contributed by atoms with Gasteiger partial charge < -0.3 is 14.8 Å². The molecule has 4 aromatic rings. The highest BCUT2D eigenvalue weighted by molar-refractivity contribution is 7.99. The largest absolute Gasteiger partial charge is 0.510 e. The van der Waals surface area contributed by atoms with Crippen molar-refractivity contribution in [1.82, 2.24) is 25.1 Å². The number of methoxy groups -OCH3 is 1. The van der Waals surface area contributed by atoms with Crippen molar-refractivity contribution in [3.05, 3.63) is 64.1 Å². The summed E-state index contributed by atoms with van der Waals surface area (Å²) in [7, 11) is 1.26. The van der Waals surface area contributed by atoms with Gasteiger partial charge in [0.1, 0.15) is 23.0 Å². The van der Waals surface area contributed by atoms with Gasteiger partial charge in [0.15, 0.2) is 0 Å². The molecular weight excluding hydrogens is 410 g/mol. The van der Waals surface area contributed by atoms with E-state index >= 15 is 0 Å². The summed E-state index contributed by atoms with van der Waals surface area (Å²) in [6.07, 6.45) is 0.666. The quantitative estimate of drug-likeness (QED) is 0.179. The summed E-state index contributed by atoms with van der Waals surface area (Å²) in [5.74, 6) is 0.257. The molecule has 0 atom stereocenters. The van der Waals surface area contributed by atoms with Gasteiger partial charge in [0.25, 0.3) is 0 Å². The van der Waals surface area contributed by atoms with Crippen LogP contribution in [0.1, 0.15) is 16.5 Å². The van der Waals surface area contributed by atoms with Crippen LogP contribution >= 0.6 is 23.1 Å². The van der Waals surface area contributed by atoms with Crippen LogP contribution in [-0.4, -0.2) is 49.1 Å². The molecule has 1 aromatic carbocycles. The number of benzene rings is 1. The number of ether oxygens (including phenoxy) is 1. The second-order valence-corrected chi connectivity index (χ2v) is 8.00. The monoisotopic (exact) mass is 427 g/mol. The molecule has 0 aliphatic carbocycles. The van der Waals surface area contributed by atoms with Crippen molar-refractivity contribution < 1.29 is 14.6 Å². The fourth-order valence-corrected chi connectivity index (χ4v) is 4.13. The SMILES string of the molecule is COC(=O)/C(=C(/O)CSc1n[nH]c(Cc2cccs2)n1)c1nc2ccccc2[nH]1. The third-order valence-electron chi connectivity index (χ3n) is 4.08. The minimum absolute atomic E-state index is 0.00875. The van der Waals surface area contributed by atoms with Crippen LogP contribution in [0, 0.1) is 0 Å². The third-order valence-corrected chi connectivity index (χ3v) is 5.81. The molecule has 4 rings (SSSR count). The lowest BCUT2D eigenvalue weighted by atomic mass is 10.2. The molecule has 3 aromatic heterocycles. The van der Waals surface area contributed by atoms with Crippen molar-refractivity contribution in [2.75, 3.05) is 12.9 Å². The average molecular weight is 428 g/mol. The number of rotatable bonds is 7. The van der Waals surface area contributed by atoms with Gasteiger partial charge in [0.2, 0.25) is 5.16 Å². The maximum Gasteiger partial charge on any atom is 0.345 e. The average Bonchev–Trinajstić information content (AvgIpc) is 3.47. The molecule has 0 unspecified atom stereocenters. The van der Waals surface area contributed by atoms with E-state index in [9.17, 15) is 9.90 Å². The fourth-order valence-electron chi connectivity index (χ4n) is 2.73. The molecule has 0 aliphatic rings. The van der Waals surface area contributed by atoms with E-state index in [2.05, 4.69) is 25.1 Å². The summed E-state index contributed by atoms with van der Waals surface area (Å²) in [6.45, 7) is 0. The molecule has 0 saturated carbocycles. The van der Waals surface area contributed by atoms with E-state index in [1.54, 1.807) is 11.3 Å². The number of imidazole rings is 1. The van der Waals surface area contributed by atoms with Gasteiger partial charge >= 0.3 is 5.97 Å². The number of esters is 1. The zero-order valence-electron chi connectivity index (χ0n) is 15.4. The molecule has 0 fully saturated rings. The number of aromatic nitrogens is 5. The number of hydrogen-bond donors (Lipinski definition) is 3. The Labute approximate surface area is 174 Å². The van der Waals surface area contributed by atoms with Crippen molar-refractivity contribution in [3.8, 4) is 0 Å². The molecule has 10 heteroatoms. The van der Waals surface area contributed by atoms with E-state index in [1.165, 1.54) is 23.7 Å². The number of carbonyl (C=O) groups is 1. The zero-order valence-corrected chi connectivity index (χ0v) is 17.0. The van der Waals surface area contributed by atoms with Crippen molar-refractivity contribution in [1.29, 1.82) is 0 Å². The molecule has 148 valence electrons. The van der Waals surface area contributed by atoms with Crippen LogP contribution in [0.2, 0.25) is 0 Å². The first kappa shape index (κ1) is 19.2. The Morgan fingerprint density at radius 2 is 2.10 bits per heavy atom. The van der Waals surface area contributed by atoms with Crippen LogP contribution in [0.5, 0.6) is 0 Å². The molecule has 0 spiro atoms. The van der Waals surface area contributed by atoms with Crippen molar-refractivity contribution in [3.63, 3.8) is 0 Å². The summed E-state index contributed by atoms with van der Waals surface area (Å²) < 4.78 is 4.84. The summed E-state index contributed by atoms with van der Waals surface area (Å²) in [4.78, 5) is 25.3. The van der Waals surface area contributed by atoms with Crippen LogP contribution in [-0.2, 0) is 16.0 Å². The van der Waals surface area contributed by atoms with Gasteiger partial charge in [-0.2, -0.15) is 0 Å². The van der Waals surface area contributed by atoms with E-state index in [0.717, 1.165) is 11.3 Å². The number of thioether (sulfide) groups is 1. The molecule has 0 aliphatic heterocycles. The van der Waals surface area contributed by atoms with Crippen molar-refractivity contribution >= 4 is 45.7 Å². The predicted octanol–water partition coefficient (Wildman–Crippen LogP) is 3.57. The molecule has 3 N–H and O–H groups in total.